The molecule has 0 rings (SSSR count). The largest absolute Gasteiger partial charge is 0.355 e. The first kappa shape index (κ1) is 56.6. The number of quaternary nitrogens is 2. The van der Waals surface area contributed by atoms with E-state index in [1.807, 2.05) is 0 Å². The Morgan fingerprint density at radius 3 is 0.842 bits per heavy atom. The summed E-state index contributed by atoms with van der Waals surface area (Å²) >= 11 is 0. The molecule has 0 saturated carbocycles. The molecule has 0 radical (unpaired) electrons. The first-order chi connectivity index (χ1) is 27.6. The maximum atomic E-state index is 12.4. The van der Waals surface area contributed by atoms with Gasteiger partial charge in [-0.05, 0) is 25.7 Å². The van der Waals surface area contributed by atoms with Crippen molar-refractivity contribution in [1.29, 1.82) is 0 Å². The predicted octanol–water partition coefficient (Wildman–Crippen LogP) is 13.7. The third-order valence-corrected chi connectivity index (χ3v) is 14.3. The first-order valence-corrected chi connectivity index (χ1v) is 27.5. The smallest absolute Gasteiger partial charge is 0.220 e. The third kappa shape index (κ3) is 44.9. The van der Waals surface area contributed by atoms with Crippen LogP contribution >= 0.6 is 21.6 Å². The van der Waals surface area contributed by atoms with Crippen LogP contribution in [0.3, 0.4) is 0 Å². The summed E-state index contributed by atoms with van der Waals surface area (Å²) < 4.78 is 2.04. The number of hydrogen-bond donors (Lipinski definition) is 2. The van der Waals surface area contributed by atoms with E-state index in [9.17, 15) is 9.59 Å². The van der Waals surface area contributed by atoms with Crippen LogP contribution in [0.4, 0.5) is 0 Å². The highest BCUT2D eigenvalue weighted by atomic mass is 33.1. The molecule has 0 aromatic rings. The SMILES string of the molecule is CCCCCCCCCCCCCCCCC[N+](C)(C)CCCC(=O)NCCSSCCNC(=O)CCC[N+](C)(C)CCCCCCCCCCCCCCCC. The fourth-order valence-electron chi connectivity index (χ4n) is 7.96. The van der Waals surface area contributed by atoms with E-state index in [0.29, 0.717) is 25.9 Å². The summed E-state index contributed by atoms with van der Waals surface area (Å²) in [5.74, 6) is 2.16. The van der Waals surface area contributed by atoms with Crippen molar-refractivity contribution >= 4 is 33.4 Å². The molecule has 0 heterocycles. The lowest BCUT2D eigenvalue weighted by atomic mass is 10.0. The quantitative estimate of drug-likeness (QED) is 0.0364. The number of amides is 2. The van der Waals surface area contributed by atoms with Crippen molar-refractivity contribution in [2.45, 2.75) is 226 Å². The van der Waals surface area contributed by atoms with Crippen LogP contribution in [0.25, 0.3) is 0 Å². The second-order valence-corrected chi connectivity index (χ2v) is 21.6. The highest BCUT2D eigenvalue weighted by molar-refractivity contribution is 8.76. The Balaban J connectivity index is 3.55. The molecule has 0 aromatic carbocycles. The molecule has 0 saturated heterocycles. The van der Waals surface area contributed by atoms with Gasteiger partial charge in [0.05, 0.1) is 54.4 Å². The fraction of sp³-hybridized carbons (Fsp3) is 0.959. The molecule has 57 heavy (non-hydrogen) atoms. The van der Waals surface area contributed by atoms with E-state index in [-0.39, 0.29) is 11.8 Å². The molecular formula is C49H102N4O2S2+2. The Kier molecular flexibility index (Phi) is 41.9. The number of hydrogen-bond acceptors (Lipinski definition) is 4. The van der Waals surface area contributed by atoms with Crippen molar-refractivity contribution in [2.75, 3.05) is 79.0 Å². The Morgan fingerprint density at radius 1 is 0.351 bits per heavy atom. The van der Waals surface area contributed by atoms with E-state index < -0.39 is 0 Å². The summed E-state index contributed by atoms with van der Waals surface area (Å²) in [6, 6.07) is 0. The summed E-state index contributed by atoms with van der Waals surface area (Å²) in [6.45, 7) is 10.6. The van der Waals surface area contributed by atoms with Gasteiger partial charge in [-0.25, -0.2) is 0 Å². The number of unbranched alkanes of at least 4 members (excludes halogenated alkanes) is 27. The van der Waals surface area contributed by atoms with Gasteiger partial charge in [0, 0.05) is 50.3 Å². The van der Waals surface area contributed by atoms with Gasteiger partial charge in [-0.1, -0.05) is 196 Å². The number of carbonyl (C=O) groups excluding carboxylic acids is 2. The first-order valence-electron chi connectivity index (χ1n) is 25.0. The summed E-state index contributed by atoms with van der Waals surface area (Å²) in [5, 5.41) is 6.20. The van der Waals surface area contributed by atoms with Crippen molar-refractivity contribution in [2.24, 2.45) is 0 Å². The van der Waals surface area contributed by atoms with E-state index in [1.165, 1.54) is 199 Å². The molecule has 0 unspecified atom stereocenters. The van der Waals surface area contributed by atoms with E-state index in [2.05, 4.69) is 52.7 Å². The van der Waals surface area contributed by atoms with Gasteiger partial charge >= 0.3 is 0 Å². The lowest BCUT2D eigenvalue weighted by molar-refractivity contribution is -0.890. The van der Waals surface area contributed by atoms with Crippen LogP contribution in [-0.2, 0) is 9.59 Å². The van der Waals surface area contributed by atoms with E-state index in [4.69, 9.17) is 0 Å². The maximum absolute atomic E-state index is 12.4. The minimum absolute atomic E-state index is 0.181. The summed E-state index contributed by atoms with van der Waals surface area (Å²) in [7, 11) is 12.8. The normalized spacial score (nSPS) is 12.0. The van der Waals surface area contributed by atoms with E-state index in [1.54, 1.807) is 21.6 Å². The number of nitrogens with zero attached hydrogens (tertiary/aromatic N) is 2. The highest BCUT2D eigenvalue weighted by Crippen LogP contribution is 2.20. The standard InChI is InChI=1S/C49H100N4O2S2/c1-7-9-11-13-15-17-19-21-23-25-27-29-31-33-35-43-53(5,6)45-37-39-49(55)51-41-47-57-56-46-40-50-48(54)38-36-44-52(3,4)42-34-32-30-28-26-24-22-20-18-16-14-12-10-8-2/h7-47H2,1-6H3/p+2. The molecule has 0 spiro atoms. The van der Waals surface area contributed by atoms with Gasteiger partial charge in [0.15, 0.2) is 0 Å². The van der Waals surface area contributed by atoms with Gasteiger partial charge in [0.2, 0.25) is 11.8 Å². The average Bonchev–Trinajstić information content (AvgIpc) is 3.17. The second-order valence-electron chi connectivity index (χ2n) is 18.9. The van der Waals surface area contributed by atoms with Crippen LogP contribution in [0.15, 0.2) is 0 Å². The van der Waals surface area contributed by atoms with Crippen molar-refractivity contribution in [3.05, 3.63) is 0 Å². The van der Waals surface area contributed by atoms with Gasteiger partial charge < -0.3 is 19.6 Å². The molecule has 8 heteroatoms. The molecular weight excluding hydrogens is 741 g/mol. The lowest BCUT2D eigenvalue weighted by Crippen LogP contribution is -2.41. The van der Waals surface area contributed by atoms with Gasteiger partial charge in [0.25, 0.3) is 0 Å². The van der Waals surface area contributed by atoms with Crippen molar-refractivity contribution in [1.82, 2.24) is 10.6 Å². The number of nitrogens with one attached hydrogen (secondary N) is 2. The molecule has 0 aliphatic carbocycles. The predicted molar refractivity (Wildman–Crippen MR) is 258 cm³/mol. The molecule has 2 N–H and O–H groups in total. The minimum Gasteiger partial charge on any atom is -0.355 e. The van der Waals surface area contributed by atoms with Gasteiger partial charge in [-0.2, -0.15) is 0 Å². The zero-order valence-corrected chi connectivity index (χ0v) is 41.2. The summed E-state index contributed by atoms with van der Waals surface area (Å²) in [6.07, 6.45) is 43.9. The molecule has 0 aromatic heterocycles. The van der Waals surface area contributed by atoms with Crippen LogP contribution < -0.4 is 10.6 Å². The molecule has 0 atom stereocenters. The summed E-state index contributed by atoms with van der Waals surface area (Å²) in [4.78, 5) is 24.7. The van der Waals surface area contributed by atoms with Gasteiger partial charge in [-0.15, -0.1) is 0 Å². The van der Waals surface area contributed by atoms with E-state index in [0.717, 1.165) is 46.4 Å². The number of carbonyl (C=O) groups is 2. The average molecular weight is 844 g/mol. The molecule has 6 nitrogen and oxygen atoms in total. The molecule has 0 bridgehead atoms. The van der Waals surface area contributed by atoms with E-state index >= 15 is 0 Å². The highest BCUT2D eigenvalue weighted by Gasteiger charge is 2.16. The van der Waals surface area contributed by atoms with Crippen molar-refractivity contribution in [3.63, 3.8) is 0 Å². The second kappa shape index (κ2) is 42.3. The Morgan fingerprint density at radius 2 is 0.579 bits per heavy atom. The Labute approximate surface area is 365 Å². The zero-order chi connectivity index (χ0) is 42.0. The van der Waals surface area contributed by atoms with Gasteiger partial charge in [-0.3, -0.25) is 9.59 Å². The topological polar surface area (TPSA) is 58.2 Å². The van der Waals surface area contributed by atoms with Crippen LogP contribution in [0.5, 0.6) is 0 Å². The van der Waals surface area contributed by atoms with Crippen LogP contribution in [0, 0.1) is 0 Å². The zero-order valence-electron chi connectivity index (χ0n) is 39.5. The molecule has 2 amide bonds. The molecule has 340 valence electrons. The van der Waals surface area contributed by atoms with Crippen molar-refractivity contribution < 1.29 is 18.6 Å². The van der Waals surface area contributed by atoms with Gasteiger partial charge in [0.1, 0.15) is 0 Å². The Hall–Kier alpha value is -0.440. The van der Waals surface area contributed by atoms with Crippen molar-refractivity contribution in [3.8, 4) is 0 Å². The van der Waals surface area contributed by atoms with Crippen LogP contribution in [0.2, 0.25) is 0 Å². The Bertz CT molecular complexity index is 872. The fourth-order valence-corrected chi connectivity index (χ4v) is 9.78. The van der Waals surface area contributed by atoms with Crippen LogP contribution in [-0.4, -0.2) is 99.7 Å². The molecule has 0 aliphatic heterocycles. The maximum Gasteiger partial charge on any atom is 0.220 e. The summed E-state index contributed by atoms with van der Waals surface area (Å²) in [5.41, 5.74) is 0. The minimum atomic E-state index is 0.181. The molecule has 0 fully saturated rings. The number of rotatable bonds is 46. The lowest BCUT2D eigenvalue weighted by Gasteiger charge is -2.29. The third-order valence-electron chi connectivity index (χ3n) is 11.9. The van der Waals surface area contributed by atoms with Crippen LogP contribution in [0.1, 0.15) is 226 Å². The monoisotopic (exact) mass is 843 g/mol. The molecule has 0 aliphatic rings.